The molecule has 1 aromatic heterocycles. The minimum absolute atomic E-state index is 0.704. The number of aryl methyl sites for hydroxylation is 1. The van der Waals surface area contributed by atoms with Crippen molar-refractivity contribution in [3.8, 4) is 0 Å². The largest absolute Gasteiger partial charge is 0.373 e. The normalized spacial score (nSPS) is 25.6. The molecule has 116 valence electrons. The van der Waals surface area contributed by atoms with Crippen LogP contribution in [0.25, 0.3) is 0 Å². The fourth-order valence-corrected chi connectivity index (χ4v) is 4.12. The number of fused-ring (bicyclic) bond motifs is 1. The van der Waals surface area contributed by atoms with Crippen LogP contribution < -0.4 is 10.2 Å². The summed E-state index contributed by atoms with van der Waals surface area (Å²) in [6, 6.07) is 0.704. The maximum Gasteiger partial charge on any atom is 0.137 e. The third kappa shape index (κ3) is 2.72. The summed E-state index contributed by atoms with van der Waals surface area (Å²) < 4.78 is 0. The number of anilines is 2. The topological polar surface area (TPSA) is 41.1 Å². The molecule has 4 nitrogen and oxygen atoms in total. The Labute approximate surface area is 128 Å². The van der Waals surface area contributed by atoms with E-state index < -0.39 is 0 Å². The highest BCUT2D eigenvalue weighted by atomic mass is 15.2. The van der Waals surface area contributed by atoms with Gasteiger partial charge in [-0.15, -0.1) is 0 Å². The Balaban J connectivity index is 1.97. The van der Waals surface area contributed by atoms with Crippen LogP contribution >= 0.6 is 0 Å². The monoisotopic (exact) mass is 288 g/mol. The first-order valence-corrected chi connectivity index (χ1v) is 8.56. The zero-order chi connectivity index (χ0) is 14.8. The van der Waals surface area contributed by atoms with Crippen molar-refractivity contribution < 1.29 is 0 Å². The van der Waals surface area contributed by atoms with Crippen molar-refractivity contribution in [1.29, 1.82) is 0 Å². The molecule has 21 heavy (non-hydrogen) atoms. The van der Waals surface area contributed by atoms with Gasteiger partial charge in [-0.05, 0) is 38.5 Å². The van der Waals surface area contributed by atoms with E-state index in [0.29, 0.717) is 6.04 Å². The number of hydrogen-bond acceptors (Lipinski definition) is 4. The van der Waals surface area contributed by atoms with Crippen molar-refractivity contribution in [2.24, 2.45) is 5.92 Å². The molecule has 1 aliphatic heterocycles. The second-order valence-corrected chi connectivity index (χ2v) is 6.49. The highest BCUT2D eigenvalue weighted by molar-refractivity contribution is 5.59. The molecule has 0 aromatic carbocycles. The molecule has 0 amide bonds. The number of piperidine rings is 1. The molecule has 2 aliphatic rings. The molecular weight excluding hydrogens is 260 g/mol. The first-order chi connectivity index (χ1) is 10.2. The van der Waals surface area contributed by atoms with Crippen LogP contribution in [0.5, 0.6) is 0 Å². The molecule has 1 aromatic rings. The molecule has 3 rings (SSSR count). The van der Waals surface area contributed by atoms with Gasteiger partial charge in [0.15, 0.2) is 0 Å². The van der Waals surface area contributed by atoms with Crippen LogP contribution in [0.2, 0.25) is 0 Å². The fraction of sp³-hybridized carbons (Fsp3) is 0.765. The van der Waals surface area contributed by atoms with Gasteiger partial charge in [-0.25, -0.2) is 9.97 Å². The fourth-order valence-electron chi connectivity index (χ4n) is 4.12. The summed E-state index contributed by atoms with van der Waals surface area (Å²) in [7, 11) is 1.96. The van der Waals surface area contributed by atoms with Crippen molar-refractivity contribution in [2.75, 3.05) is 23.8 Å². The molecular formula is C17H28N4. The average Bonchev–Trinajstić information content (AvgIpc) is 2.54. The van der Waals surface area contributed by atoms with Crippen molar-refractivity contribution in [2.45, 2.75) is 64.8 Å². The van der Waals surface area contributed by atoms with E-state index in [1.54, 1.807) is 0 Å². The number of rotatable bonds is 3. The Kier molecular flexibility index (Phi) is 4.32. The average molecular weight is 288 g/mol. The number of nitrogens with zero attached hydrogens (tertiary/aromatic N) is 3. The highest BCUT2D eigenvalue weighted by Gasteiger charge is 2.34. The Morgan fingerprint density at radius 2 is 1.90 bits per heavy atom. The Morgan fingerprint density at radius 3 is 2.67 bits per heavy atom. The molecule has 1 saturated heterocycles. The molecule has 1 N–H and O–H groups in total. The van der Waals surface area contributed by atoms with Crippen LogP contribution in [0, 0.1) is 12.8 Å². The molecule has 0 radical (unpaired) electrons. The van der Waals surface area contributed by atoms with E-state index in [4.69, 9.17) is 4.98 Å². The molecule has 4 heteroatoms. The Bertz CT molecular complexity index is 498. The van der Waals surface area contributed by atoms with Crippen molar-refractivity contribution in [3.05, 3.63) is 11.4 Å². The van der Waals surface area contributed by atoms with Crippen LogP contribution in [-0.2, 0) is 6.42 Å². The lowest BCUT2D eigenvalue weighted by Crippen LogP contribution is -2.47. The van der Waals surface area contributed by atoms with Gasteiger partial charge in [0.05, 0.1) is 0 Å². The van der Waals surface area contributed by atoms with Crippen LogP contribution in [0.1, 0.15) is 56.8 Å². The van der Waals surface area contributed by atoms with E-state index in [1.165, 1.54) is 49.9 Å². The van der Waals surface area contributed by atoms with Crippen LogP contribution in [0.3, 0.4) is 0 Å². The smallest absolute Gasteiger partial charge is 0.137 e. The van der Waals surface area contributed by atoms with E-state index in [1.807, 2.05) is 7.05 Å². The van der Waals surface area contributed by atoms with E-state index in [-0.39, 0.29) is 0 Å². The van der Waals surface area contributed by atoms with Gasteiger partial charge in [0.1, 0.15) is 17.5 Å². The van der Waals surface area contributed by atoms with E-state index in [0.717, 1.165) is 30.5 Å². The molecule has 2 heterocycles. The van der Waals surface area contributed by atoms with Gasteiger partial charge in [0, 0.05) is 31.6 Å². The van der Waals surface area contributed by atoms with Crippen LogP contribution in [-0.4, -0.2) is 29.6 Å². The zero-order valence-electron chi connectivity index (χ0n) is 13.7. The lowest BCUT2D eigenvalue weighted by atomic mass is 9.78. The maximum absolute atomic E-state index is 4.89. The Morgan fingerprint density at radius 1 is 1.14 bits per heavy atom. The van der Waals surface area contributed by atoms with E-state index in [2.05, 4.69) is 29.0 Å². The van der Waals surface area contributed by atoms with Crippen molar-refractivity contribution >= 4 is 11.6 Å². The lowest BCUT2D eigenvalue weighted by molar-refractivity contribution is 0.242. The second-order valence-electron chi connectivity index (χ2n) is 6.49. The molecule has 1 aliphatic carbocycles. The highest BCUT2D eigenvalue weighted by Crippen LogP contribution is 2.38. The van der Waals surface area contributed by atoms with Crippen LogP contribution in [0.15, 0.2) is 0 Å². The number of aromatic nitrogens is 2. The van der Waals surface area contributed by atoms with Gasteiger partial charge in [-0.2, -0.15) is 0 Å². The SMILES string of the molecule is CCc1nc(NC)c(C)c(N2CCC[C@H]3CCCC[C@H]32)n1. The van der Waals surface area contributed by atoms with Crippen molar-refractivity contribution in [3.63, 3.8) is 0 Å². The molecule has 1 saturated carbocycles. The van der Waals surface area contributed by atoms with Gasteiger partial charge in [0.2, 0.25) is 0 Å². The summed E-state index contributed by atoms with van der Waals surface area (Å²) in [6.45, 7) is 5.45. The summed E-state index contributed by atoms with van der Waals surface area (Å²) in [5.74, 6) is 4.01. The molecule has 0 unspecified atom stereocenters. The van der Waals surface area contributed by atoms with Crippen molar-refractivity contribution in [1.82, 2.24) is 9.97 Å². The quantitative estimate of drug-likeness (QED) is 0.923. The third-order valence-corrected chi connectivity index (χ3v) is 5.23. The predicted octanol–water partition coefficient (Wildman–Crippen LogP) is 3.55. The number of hydrogen-bond donors (Lipinski definition) is 1. The van der Waals surface area contributed by atoms with Gasteiger partial charge >= 0.3 is 0 Å². The van der Waals surface area contributed by atoms with Gasteiger partial charge in [-0.3, -0.25) is 0 Å². The Hall–Kier alpha value is -1.32. The third-order valence-electron chi connectivity index (χ3n) is 5.23. The summed E-state index contributed by atoms with van der Waals surface area (Å²) in [4.78, 5) is 12.1. The first-order valence-electron chi connectivity index (χ1n) is 8.56. The molecule has 2 fully saturated rings. The van der Waals surface area contributed by atoms with Gasteiger partial charge < -0.3 is 10.2 Å². The summed E-state index contributed by atoms with van der Waals surface area (Å²) in [5.41, 5.74) is 1.21. The maximum atomic E-state index is 4.89. The van der Waals surface area contributed by atoms with Crippen LogP contribution in [0.4, 0.5) is 11.6 Å². The minimum atomic E-state index is 0.704. The van der Waals surface area contributed by atoms with E-state index in [9.17, 15) is 0 Å². The van der Waals surface area contributed by atoms with E-state index >= 15 is 0 Å². The number of nitrogens with one attached hydrogen (secondary N) is 1. The predicted molar refractivity (Wildman–Crippen MR) is 88.0 cm³/mol. The summed E-state index contributed by atoms with van der Waals surface area (Å²) in [6.07, 6.45) is 9.14. The molecule has 2 atom stereocenters. The first kappa shape index (κ1) is 14.6. The van der Waals surface area contributed by atoms with Gasteiger partial charge in [-0.1, -0.05) is 19.8 Å². The lowest BCUT2D eigenvalue weighted by Gasteiger charge is -2.45. The minimum Gasteiger partial charge on any atom is -0.373 e. The standard InChI is InChI=1S/C17H28N4/c1-4-15-19-16(18-3)12(2)17(20-15)21-11-7-9-13-8-5-6-10-14(13)21/h13-14H,4-11H2,1-3H3,(H,18,19,20)/t13-,14-/m1/s1. The summed E-state index contributed by atoms with van der Waals surface area (Å²) >= 11 is 0. The summed E-state index contributed by atoms with van der Waals surface area (Å²) in [5, 5.41) is 3.24. The molecule has 0 spiro atoms. The second kappa shape index (κ2) is 6.20. The molecule has 0 bridgehead atoms. The zero-order valence-corrected chi connectivity index (χ0v) is 13.7. The van der Waals surface area contributed by atoms with Gasteiger partial charge in [0.25, 0.3) is 0 Å².